The van der Waals surface area contributed by atoms with Crippen LogP contribution in [0.5, 0.6) is 5.75 Å². The van der Waals surface area contributed by atoms with Gasteiger partial charge in [0, 0.05) is 37.2 Å². The Kier molecular flexibility index (Phi) is 8.07. The van der Waals surface area contributed by atoms with Gasteiger partial charge in [0.2, 0.25) is 11.8 Å². The van der Waals surface area contributed by atoms with Crippen molar-refractivity contribution < 1.29 is 19.4 Å². The average molecular weight is 467 g/mol. The minimum Gasteiger partial charge on any atom is -0.493 e. The number of hydrogen-bond donors (Lipinski definition) is 1. The third-order valence-electron chi connectivity index (χ3n) is 5.92. The Morgan fingerprint density at radius 3 is 2.67 bits per heavy atom. The summed E-state index contributed by atoms with van der Waals surface area (Å²) in [6, 6.07) is 17.3. The van der Waals surface area contributed by atoms with E-state index in [1.807, 2.05) is 66.7 Å². The maximum absolute atomic E-state index is 12.8. The van der Waals surface area contributed by atoms with Gasteiger partial charge in [-0.25, -0.2) is 0 Å². The number of hydrogen-bond acceptors (Lipinski definition) is 5. The molecule has 174 valence electrons. The lowest BCUT2D eigenvalue weighted by atomic mass is 10.1. The molecular formula is C26H30N2O4S. The Morgan fingerprint density at radius 1 is 1.09 bits per heavy atom. The van der Waals surface area contributed by atoms with Crippen molar-refractivity contribution in [3.05, 3.63) is 65.7 Å². The van der Waals surface area contributed by atoms with Crippen molar-refractivity contribution in [2.24, 2.45) is 0 Å². The molecule has 4 rings (SSSR count). The van der Waals surface area contributed by atoms with Crippen LogP contribution in [-0.2, 0) is 9.59 Å². The zero-order valence-electron chi connectivity index (χ0n) is 18.6. The molecule has 0 aliphatic carbocycles. The first kappa shape index (κ1) is 23.4. The second kappa shape index (κ2) is 11.4. The SMILES string of the molecule is O=C([C@@H]1CC(O)CN1C(=O)CCCOc1ccccc1/C=C/c1ccccc1)N1CCSC1. The average Bonchev–Trinajstić information content (AvgIpc) is 3.51. The first-order valence-corrected chi connectivity index (χ1v) is 12.6. The molecule has 7 heteroatoms. The molecule has 2 aromatic carbocycles. The lowest BCUT2D eigenvalue weighted by Crippen LogP contribution is -2.47. The van der Waals surface area contributed by atoms with Crippen molar-refractivity contribution in [3.63, 3.8) is 0 Å². The van der Waals surface area contributed by atoms with E-state index in [2.05, 4.69) is 0 Å². The van der Waals surface area contributed by atoms with Crippen LogP contribution in [0.15, 0.2) is 54.6 Å². The highest BCUT2D eigenvalue weighted by Crippen LogP contribution is 2.25. The smallest absolute Gasteiger partial charge is 0.246 e. The second-order valence-corrected chi connectivity index (χ2v) is 9.40. The van der Waals surface area contributed by atoms with Gasteiger partial charge in [0.25, 0.3) is 0 Å². The number of carbonyl (C=O) groups excluding carboxylic acids is 2. The molecule has 6 nitrogen and oxygen atoms in total. The molecule has 2 saturated heterocycles. The number of β-amino-alcohol motifs (C(OH)–C–C–N with tert-alkyl or cyclic N) is 1. The monoisotopic (exact) mass is 466 g/mol. The molecular weight excluding hydrogens is 436 g/mol. The molecule has 2 aromatic rings. The Bertz CT molecular complexity index is 975. The summed E-state index contributed by atoms with van der Waals surface area (Å²) in [6.07, 6.45) is 4.58. The lowest BCUT2D eigenvalue weighted by Gasteiger charge is -2.27. The minimum atomic E-state index is -0.641. The summed E-state index contributed by atoms with van der Waals surface area (Å²) in [5.41, 5.74) is 2.09. The zero-order chi connectivity index (χ0) is 23.0. The van der Waals surface area contributed by atoms with Gasteiger partial charge in [-0.2, -0.15) is 0 Å². The number of rotatable bonds is 8. The van der Waals surface area contributed by atoms with Gasteiger partial charge in [-0.3, -0.25) is 9.59 Å². The number of carbonyl (C=O) groups is 2. The van der Waals surface area contributed by atoms with Gasteiger partial charge in [0.1, 0.15) is 11.8 Å². The van der Waals surface area contributed by atoms with Crippen LogP contribution < -0.4 is 4.74 Å². The van der Waals surface area contributed by atoms with Crippen LogP contribution in [0, 0.1) is 0 Å². The van der Waals surface area contributed by atoms with Crippen molar-refractivity contribution in [2.45, 2.75) is 31.4 Å². The predicted octanol–water partition coefficient (Wildman–Crippen LogP) is 3.51. The lowest BCUT2D eigenvalue weighted by molar-refractivity contribution is -0.143. The van der Waals surface area contributed by atoms with E-state index < -0.39 is 12.1 Å². The van der Waals surface area contributed by atoms with Crippen LogP contribution in [0.4, 0.5) is 0 Å². The van der Waals surface area contributed by atoms with E-state index in [0.717, 1.165) is 22.6 Å². The summed E-state index contributed by atoms with van der Waals surface area (Å²) < 4.78 is 5.97. The quantitative estimate of drug-likeness (QED) is 0.476. The molecule has 2 heterocycles. The Balaban J connectivity index is 1.28. The summed E-state index contributed by atoms with van der Waals surface area (Å²) >= 11 is 1.72. The van der Waals surface area contributed by atoms with Gasteiger partial charge in [-0.05, 0) is 18.1 Å². The molecule has 2 amide bonds. The summed E-state index contributed by atoms with van der Waals surface area (Å²) in [7, 11) is 0. The van der Waals surface area contributed by atoms with E-state index in [0.29, 0.717) is 31.9 Å². The van der Waals surface area contributed by atoms with Crippen molar-refractivity contribution in [2.75, 3.05) is 31.3 Å². The number of benzene rings is 2. The van der Waals surface area contributed by atoms with Crippen LogP contribution >= 0.6 is 11.8 Å². The maximum Gasteiger partial charge on any atom is 0.246 e. The molecule has 0 spiro atoms. The Labute approximate surface area is 199 Å². The van der Waals surface area contributed by atoms with Gasteiger partial charge < -0.3 is 19.6 Å². The molecule has 1 unspecified atom stereocenters. The minimum absolute atomic E-state index is 0.0414. The van der Waals surface area contributed by atoms with E-state index in [9.17, 15) is 14.7 Å². The number of ether oxygens (including phenoxy) is 1. The number of nitrogens with zero attached hydrogens (tertiary/aromatic N) is 2. The number of para-hydroxylation sites is 1. The topological polar surface area (TPSA) is 70.1 Å². The third kappa shape index (κ3) is 6.18. The van der Waals surface area contributed by atoms with Crippen molar-refractivity contribution in [1.82, 2.24) is 9.80 Å². The van der Waals surface area contributed by atoms with Crippen LogP contribution in [0.2, 0.25) is 0 Å². The van der Waals surface area contributed by atoms with E-state index in [-0.39, 0.29) is 24.8 Å². The van der Waals surface area contributed by atoms with Gasteiger partial charge in [0.15, 0.2) is 0 Å². The Hall–Kier alpha value is -2.77. The molecule has 2 aliphatic rings. The normalized spacial score (nSPS) is 20.5. The second-order valence-electron chi connectivity index (χ2n) is 8.32. The highest BCUT2D eigenvalue weighted by molar-refractivity contribution is 7.99. The molecule has 33 heavy (non-hydrogen) atoms. The van der Waals surface area contributed by atoms with Crippen molar-refractivity contribution >= 4 is 35.7 Å². The van der Waals surface area contributed by atoms with E-state index in [1.54, 1.807) is 21.6 Å². The molecule has 2 aliphatic heterocycles. The molecule has 1 N–H and O–H groups in total. The van der Waals surface area contributed by atoms with Crippen LogP contribution in [0.1, 0.15) is 30.4 Å². The fourth-order valence-electron chi connectivity index (χ4n) is 4.17. The molecule has 2 fully saturated rings. The molecule has 0 bridgehead atoms. The molecule has 2 atom stereocenters. The van der Waals surface area contributed by atoms with E-state index in [1.165, 1.54) is 0 Å². The van der Waals surface area contributed by atoms with Gasteiger partial charge in [0.05, 0.1) is 18.6 Å². The molecule has 0 radical (unpaired) electrons. The van der Waals surface area contributed by atoms with Gasteiger partial charge in [-0.15, -0.1) is 11.8 Å². The van der Waals surface area contributed by atoms with E-state index in [4.69, 9.17) is 4.74 Å². The first-order valence-electron chi connectivity index (χ1n) is 11.4. The maximum atomic E-state index is 12.8. The molecule has 0 saturated carbocycles. The summed E-state index contributed by atoms with van der Waals surface area (Å²) in [4.78, 5) is 29.0. The number of aliphatic hydroxyl groups excluding tert-OH is 1. The van der Waals surface area contributed by atoms with Crippen LogP contribution in [-0.4, -0.2) is 70.2 Å². The Morgan fingerprint density at radius 2 is 1.88 bits per heavy atom. The predicted molar refractivity (Wildman–Crippen MR) is 132 cm³/mol. The first-order chi connectivity index (χ1) is 16.1. The summed E-state index contributed by atoms with van der Waals surface area (Å²) in [6.45, 7) is 1.34. The zero-order valence-corrected chi connectivity index (χ0v) is 19.5. The largest absolute Gasteiger partial charge is 0.493 e. The fraction of sp³-hybridized carbons (Fsp3) is 0.385. The highest BCUT2D eigenvalue weighted by atomic mass is 32.2. The number of amides is 2. The van der Waals surface area contributed by atoms with Gasteiger partial charge >= 0.3 is 0 Å². The summed E-state index contributed by atoms with van der Waals surface area (Å²) in [5.74, 6) is 2.22. The van der Waals surface area contributed by atoms with Crippen LogP contribution in [0.3, 0.4) is 0 Å². The van der Waals surface area contributed by atoms with E-state index >= 15 is 0 Å². The van der Waals surface area contributed by atoms with Crippen molar-refractivity contribution in [3.8, 4) is 5.75 Å². The van der Waals surface area contributed by atoms with Crippen molar-refractivity contribution in [1.29, 1.82) is 0 Å². The third-order valence-corrected chi connectivity index (χ3v) is 6.88. The fourth-order valence-corrected chi connectivity index (χ4v) is 5.13. The standard InChI is InChI=1S/C26H30N2O4S/c29-22-17-23(26(31)27-14-16-33-19-27)28(18-22)25(30)11-6-15-32-24-10-5-4-9-21(24)13-12-20-7-2-1-3-8-20/h1-5,7-10,12-13,22-23,29H,6,11,14-19H2/b13-12+/t22?,23-/m0/s1. The molecule has 0 aromatic heterocycles. The number of likely N-dealkylation sites (tertiary alicyclic amines) is 1. The number of thioether (sulfide) groups is 1. The summed E-state index contributed by atoms with van der Waals surface area (Å²) in [5, 5.41) is 10.1. The van der Waals surface area contributed by atoms with Crippen LogP contribution in [0.25, 0.3) is 12.2 Å². The van der Waals surface area contributed by atoms with Gasteiger partial charge in [-0.1, -0.05) is 60.7 Å². The number of aliphatic hydroxyl groups is 1. The highest BCUT2D eigenvalue weighted by Gasteiger charge is 2.40.